The van der Waals surface area contributed by atoms with Gasteiger partial charge in [0.2, 0.25) is 5.91 Å². The lowest BCUT2D eigenvalue weighted by molar-refractivity contribution is -0.124. The van der Waals surface area contributed by atoms with Crippen LogP contribution in [-0.2, 0) is 28.7 Å². The van der Waals surface area contributed by atoms with Crippen LogP contribution in [0.1, 0.15) is 44.1 Å². The molecule has 4 heteroatoms. The van der Waals surface area contributed by atoms with Gasteiger partial charge in [0.15, 0.2) is 5.78 Å². The highest BCUT2D eigenvalue weighted by atomic mass is 16.2. The molecule has 3 heterocycles. The monoisotopic (exact) mass is 518 g/mol. The molecule has 2 unspecified atom stereocenters. The summed E-state index contributed by atoms with van der Waals surface area (Å²) in [5, 5.41) is 5.30. The molecule has 0 radical (unpaired) electrons. The van der Waals surface area contributed by atoms with Crippen LogP contribution in [0.15, 0.2) is 115 Å². The quantitative estimate of drug-likeness (QED) is 0.282. The predicted octanol–water partition coefficient (Wildman–Crippen LogP) is 6.35. The first kappa shape index (κ1) is 22.3. The lowest BCUT2D eigenvalue weighted by Crippen LogP contribution is -2.61. The number of carbonyl (C=O) groups is 2. The van der Waals surface area contributed by atoms with Gasteiger partial charge in [0, 0.05) is 29.8 Å². The predicted molar refractivity (Wildman–Crippen MR) is 155 cm³/mol. The summed E-state index contributed by atoms with van der Waals surface area (Å²) in [6.07, 6.45) is 0.772. The Morgan fingerprint density at radius 1 is 0.700 bits per heavy atom. The Kier molecular flexibility index (Phi) is 4.21. The summed E-state index contributed by atoms with van der Waals surface area (Å²) in [6, 6.07) is 39.2. The van der Waals surface area contributed by atoms with Gasteiger partial charge in [0.05, 0.1) is 0 Å². The number of hydrogen-bond acceptors (Lipinski definition) is 3. The van der Waals surface area contributed by atoms with Crippen molar-refractivity contribution in [1.29, 1.82) is 0 Å². The molecule has 4 nitrogen and oxygen atoms in total. The Morgan fingerprint density at radius 3 is 2.25 bits per heavy atom. The molecule has 5 aromatic rings. The number of fused-ring (bicyclic) bond motifs is 7. The SMILES string of the molecule is O=C1Nc2ccccc2[C@]12C(c1ccccc1)C1Cc3ccccc3CN1[C@@]21C(=O)c2cccc3cccc1c23. The van der Waals surface area contributed by atoms with Crippen molar-refractivity contribution in [3.8, 4) is 0 Å². The number of carbonyl (C=O) groups excluding carboxylic acids is 2. The maximum atomic E-state index is 15.3. The highest BCUT2D eigenvalue weighted by Crippen LogP contribution is 2.70. The Balaban J connectivity index is 1.47. The summed E-state index contributed by atoms with van der Waals surface area (Å²) in [4.78, 5) is 32.7. The number of nitrogens with one attached hydrogen (secondary N) is 1. The van der Waals surface area contributed by atoms with Crippen LogP contribution in [0.5, 0.6) is 0 Å². The minimum Gasteiger partial charge on any atom is -0.325 e. The van der Waals surface area contributed by atoms with E-state index in [0.717, 1.165) is 45.1 Å². The van der Waals surface area contributed by atoms with Gasteiger partial charge in [-0.25, -0.2) is 0 Å². The van der Waals surface area contributed by atoms with E-state index >= 15 is 4.79 Å². The average Bonchev–Trinajstić information content (AvgIpc) is 3.54. The van der Waals surface area contributed by atoms with E-state index in [2.05, 4.69) is 89.1 Å². The molecule has 1 fully saturated rings. The summed E-state index contributed by atoms with van der Waals surface area (Å²) in [7, 11) is 0. The maximum Gasteiger partial charge on any atom is 0.238 e. The van der Waals surface area contributed by atoms with Crippen LogP contribution in [0.2, 0.25) is 0 Å². The number of hydrogen-bond donors (Lipinski definition) is 1. The zero-order chi connectivity index (χ0) is 26.6. The third-order valence-corrected chi connectivity index (χ3v) is 10.1. The fraction of sp³-hybridized carbons (Fsp3) is 0.167. The van der Waals surface area contributed by atoms with E-state index in [-0.39, 0.29) is 23.7 Å². The molecule has 1 amide bonds. The van der Waals surface area contributed by atoms with E-state index in [9.17, 15) is 4.79 Å². The molecule has 1 N–H and O–H groups in total. The van der Waals surface area contributed by atoms with E-state index in [0.29, 0.717) is 6.54 Å². The van der Waals surface area contributed by atoms with Crippen molar-refractivity contribution in [2.75, 3.05) is 5.32 Å². The zero-order valence-electron chi connectivity index (χ0n) is 21.8. The third kappa shape index (κ3) is 2.35. The van der Waals surface area contributed by atoms with E-state index in [1.54, 1.807) is 0 Å². The van der Waals surface area contributed by atoms with Crippen LogP contribution in [0.3, 0.4) is 0 Å². The summed E-state index contributed by atoms with van der Waals surface area (Å²) in [6.45, 7) is 0.609. The Labute approximate surface area is 232 Å². The summed E-state index contributed by atoms with van der Waals surface area (Å²) in [5.41, 5.74) is 4.68. The highest BCUT2D eigenvalue weighted by Gasteiger charge is 2.79. The molecule has 0 bridgehead atoms. The fourth-order valence-electron chi connectivity index (χ4n) is 8.86. The number of nitrogens with zero attached hydrogens (tertiary/aromatic N) is 1. The molecule has 1 aliphatic carbocycles. The number of rotatable bonds is 1. The number of para-hydroxylation sites is 1. The molecule has 2 spiro atoms. The number of ketones is 1. The van der Waals surface area contributed by atoms with Crippen LogP contribution in [0.4, 0.5) is 5.69 Å². The van der Waals surface area contributed by atoms with Crippen LogP contribution in [0.25, 0.3) is 10.8 Å². The van der Waals surface area contributed by atoms with E-state index in [1.165, 1.54) is 11.1 Å². The zero-order valence-corrected chi connectivity index (χ0v) is 21.8. The van der Waals surface area contributed by atoms with Gasteiger partial charge in [-0.2, -0.15) is 0 Å². The van der Waals surface area contributed by atoms with Crippen molar-refractivity contribution < 1.29 is 9.59 Å². The van der Waals surface area contributed by atoms with E-state index in [4.69, 9.17) is 0 Å². The van der Waals surface area contributed by atoms with Gasteiger partial charge in [-0.1, -0.05) is 109 Å². The van der Waals surface area contributed by atoms with Gasteiger partial charge in [0.25, 0.3) is 0 Å². The first-order valence-corrected chi connectivity index (χ1v) is 14.0. The minimum absolute atomic E-state index is 0.0361. The highest BCUT2D eigenvalue weighted by molar-refractivity contribution is 6.25. The molecular formula is C36H26N2O2. The lowest BCUT2D eigenvalue weighted by Gasteiger charge is -2.46. The molecule has 0 saturated carbocycles. The minimum atomic E-state index is -1.19. The molecule has 0 aromatic heterocycles. The first-order valence-electron chi connectivity index (χ1n) is 14.0. The Bertz CT molecular complexity index is 1910. The van der Waals surface area contributed by atoms with Gasteiger partial charge in [0.1, 0.15) is 11.0 Å². The molecule has 3 aliphatic heterocycles. The Morgan fingerprint density at radius 2 is 1.40 bits per heavy atom. The molecule has 40 heavy (non-hydrogen) atoms. The smallest absolute Gasteiger partial charge is 0.238 e. The van der Waals surface area contributed by atoms with Crippen LogP contribution < -0.4 is 5.32 Å². The van der Waals surface area contributed by atoms with Crippen molar-refractivity contribution in [2.24, 2.45) is 0 Å². The van der Waals surface area contributed by atoms with Crippen LogP contribution in [0, 0.1) is 0 Å². The molecule has 9 rings (SSSR count). The molecule has 4 atom stereocenters. The van der Waals surface area contributed by atoms with Gasteiger partial charge in [-0.05, 0) is 51.1 Å². The maximum absolute atomic E-state index is 15.3. The van der Waals surface area contributed by atoms with Crippen molar-refractivity contribution in [3.63, 3.8) is 0 Å². The molecule has 192 valence electrons. The lowest BCUT2D eigenvalue weighted by atomic mass is 9.56. The van der Waals surface area contributed by atoms with Gasteiger partial charge in [-0.3, -0.25) is 14.5 Å². The first-order chi connectivity index (χ1) is 19.7. The molecule has 4 aliphatic rings. The summed E-state index contributed by atoms with van der Waals surface area (Å²) in [5.74, 6) is -0.285. The summed E-state index contributed by atoms with van der Waals surface area (Å²) >= 11 is 0. The van der Waals surface area contributed by atoms with Gasteiger partial charge >= 0.3 is 0 Å². The van der Waals surface area contributed by atoms with Crippen LogP contribution in [-0.4, -0.2) is 22.6 Å². The fourth-order valence-corrected chi connectivity index (χ4v) is 8.86. The largest absolute Gasteiger partial charge is 0.325 e. The number of benzene rings is 5. The van der Waals surface area contributed by atoms with E-state index < -0.39 is 11.0 Å². The van der Waals surface area contributed by atoms with Crippen molar-refractivity contribution >= 4 is 28.2 Å². The Hall–Kier alpha value is -4.54. The number of anilines is 1. The second-order valence-corrected chi connectivity index (χ2v) is 11.6. The second-order valence-electron chi connectivity index (χ2n) is 11.6. The van der Waals surface area contributed by atoms with Crippen LogP contribution >= 0.6 is 0 Å². The van der Waals surface area contributed by atoms with E-state index in [1.807, 2.05) is 36.4 Å². The molecule has 5 aromatic carbocycles. The topological polar surface area (TPSA) is 49.4 Å². The number of amides is 1. The molecular weight excluding hydrogens is 492 g/mol. The normalized spacial score (nSPS) is 27.7. The third-order valence-electron chi connectivity index (χ3n) is 10.1. The summed E-state index contributed by atoms with van der Waals surface area (Å²) < 4.78 is 0. The average molecular weight is 519 g/mol. The van der Waals surface area contributed by atoms with Crippen molar-refractivity contribution in [1.82, 2.24) is 4.90 Å². The van der Waals surface area contributed by atoms with Crippen molar-refractivity contribution in [3.05, 3.63) is 149 Å². The number of Topliss-reactive ketones (excluding diaryl/α,β-unsaturated/α-hetero) is 1. The van der Waals surface area contributed by atoms with Gasteiger partial charge < -0.3 is 5.32 Å². The van der Waals surface area contributed by atoms with Gasteiger partial charge in [-0.15, -0.1) is 0 Å². The van der Waals surface area contributed by atoms with Crippen molar-refractivity contribution in [2.45, 2.75) is 35.9 Å². The molecule has 1 saturated heterocycles. The standard InChI is InChI=1S/C36H26N2O2/c39-33-26-16-8-14-22-15-9-18-28(31(22)26)36(33)35(27-17-6-7-19-29(27)37-34(35)40)32(23-10-2-1-3-11-23)30-20-24-12-4-5-13-25(24)21-38(30)36/h1-19,30,32H,20-21H2,(H,37,40)/t30?,32?,35-,36-/m0/s1. The second kappa shape index (κ2) is 7.56.